The molecule has 0 spiro atoms. The third-order valence-corrected chi connectivity index (χ3v) is 3.54. The van der Waals surface area contributed by atoms with Gasteiger partial charge in [-0.3, -0.25) is 0 Å². The van der Waals surface area contributed by atoms with Crippen molar-refractivity contribution in [2.75, 3.05) is 0 Å². The van der Waals surface area contributed by atoms with Crippen LogP contribution in [0.3, 0.4) is 0 Å². The summed E-state index contributed by atoms with van der Waals surface area (Å²) in [6.45, 7) is 5.66. The fraction of sp³-hybridized carbons (Fsp3) is 0.571. The lowest BCUT2D eigenvalue weighted by Crippen LogP contribution is -2.30. The van der Waals surface area contributed by atoms with E-state index in [9.17, 15) is 0 Å². The quantitative estimate of drug-likeness (QED) is 0.775. The van der Waals surface area contributed by atoms with E-state index in [1.54, 1.807) is 0 Å². The van der Waals surface area contributed by atoms with Crippen LogP contribution in [0.15, 0.2) is 30.3 Å². The lowest BCUT2D eigenvalue weighted by atomic mass is 10.1. The minimum absolute atomic E-state index is 0.722. The van der Waals surface area contributed by atoms with Gasteiger partial charge in [-0.05, 0) is 30.2 Å². The number of rotatable bonds is 5. The van der Waals surface area contributed by atoms with E-state index in [1.807, 2.05) is 0 Å². The van der Waals surface area contributed by atoms with Crippen LogP contribution in [0, 0.1) is 11.8 Å². The lowest BCUT2D eigenvalue weighted by molar-refractivity contribution is 0.433. The summed E-state index contributed by atoms with van der Waals surface area (Å²) in [4.78, 5) is 0. The first kappa shape index (κ1) is 10.7. The molecule has 2 rings (SSSR count). The highest BCUT2D eigenvalue weighted by atomic mass is 14.9. The molecule has 1 fully saturated rings. The number of hydrogen-bond acceptors (Lipinski definition) is 1. The normalized spacial score (nSPS) is 26.3. The number of nitrogens with one attached hydrogen (secondary N) is 1. The van der Waals surface area contributed by atoms with E-state index in [-0.39, 0.29) is 0 Å². The van der Waals surface area contributed by atoms with Gasteiger partial charge in [0, 0.05) is 12.6 Å². The first-order valence-electron chi connectivity index (χ1n) is 6.08. The Kier molecular flexibility index (Phi) is 3.42. The Morgan fingerprint density at radius 3 is 2.53 bits per heavy atom. The first-order chi connectivity index (χ1) is 7.31. The van der Waals surface area contributed by atoms with Crippen LogP contribution in [0.5, 0.6) is 0 Å². The van der Waals surface area contributed by atoms with Crippen molar-refractivity contribution in [3.63, 3.8) is 0 Å². The molecule has 82 valence electrons. The summed E-state index contributed by atoms with van der Waals surface area (Å²) < 4.78 is 0. The summed E-state index contributed by atoms with van der Waals surface area (Å²) in [5.74, 6) is 1.87. The zero-order valence-corrected chi connectivity index (χ0v) is 9.74. The molecule has 1 heteroatoms. The number of benzene rings is 1. The average molecular weight is 203 g/mol. The van der Waals surface area contributed by atoms with E-state index >= 15 is 0 Å². The largest absolute Gasteiger partial charge is 0.310 e. The minimum atomic E-state index is 0.722. The van der Waals surface area contributed by atoms with Crippen molar-refractivity contribution in [1.82, 2.24) is 5.32 Å². The molecule has 1 aliphatic carbocycles. The first-order valence-corrected chi connectivity index (χ1v) is 6.08. The molecule has 3 atom stereocenters. The Hall–Kier alpha value is -0.820. The fourth-order valence-electron chi connectivity index (χ4n) is 2.35. The molecular formula is C14H21N. The maximum atomic E-state index is 3.68. The molecule has 0 amide bonds. The van der Waals surface area contributed by atoms with Gasteiger partial charge in [-0.2, -0.15) is 0 Å². The molecule has 0 bridgehead atoms. The smallest absolute Gasteiger partial charge is 0.0208 e. The molecule has 0 aliphatic heterocycles. The van der Waals surface area contributed by atoms with Crippen molar-refractivity contribution in [1.29, 1.82) is 0 Å². The van der Waals surface area contributed by atoms with Crippen LogP contribution < -0.4 is 5.32 Å². The van der Waals surface area contributed by atoms with E-state index in [1.165, 1.54) is 18.4 Å². The Balaban J connectivity index is 1.81. The Morgan fingerprint density at radius 2 is 2.00 bits per heavy atom. The molecule has 3 unspecified atom stereocenters. The van der Waals surface area contributed by atoms with Gasteiger partial charge in [0.1, 0.15) is 0 Å². The molecule has 1 aliphatic rings. The summed E-state index contributed by atoms with van der Waals surface area (Å²) in [5.41, 5.74) is 1.39. The molecule has 1 aromatic rings. The second kappa shape index (κ2) is 4.80. The van der Waals surface area contributed by atoms with E-state index in [4.69, 9.17) is 0 Å². The van der Waals surface area contributed by atoms with Crippen LogP contribution in [0.2, 0.25) is 0 Å². The summed E-state index contributed by atoms with van der Waals surface area (Å²) in [6.07, 6.45) is 2.67. The van der Waals surface area contributed by atoms with E-state index < -0.39 is 0 Å². The van der Waals surface area contributed by atoms with Crippen molar-refractivity contribution in [2.45, 2.75) is 39.3 Å². The minimum Gasteiger partial charge on any atom is -0.310 e. The lowest BCUT2D eigenvalue weighted by Gasteiger charge is -2.16. The molecule has 0 aromatic heterocycles. The Bertz CT molecular complexity index is 293. The molecule has 0 heterocycles. The molecular weight excluding hydrogens is 182 g/mol. The van der Waals surface area contributed by atoms with Gasteiger partial charge in [-0.25, -0.2) is 0 Å². The summed E-state index contributed by atoms with van der Waals surface area (Å²) in [7, 11) is 0. The predicted octanol–water partition coefficient (Wildman–Crippen LogP) is 3.21. The third kappa shape index (κ3) is 2.82. The second-order valence-electron chi connectivity index (χ2n) is 4.76. The molecule has 0 radical (unpaired) electrons. The zero-order valence-electron chi connectivity index (χ0n) is 9.74. The predicted molar refractivity (Wildman–Crippen MR) is 64.6 cm³/mol. The van der Waals surface area contributed by atoms with Crippen LogP contribution in [0.25, 0.3) is 0 Å². The topological polar surface area (TPSA) is 12.0 Å². The van der Waals surface area contributed by atoms with Gasteiger partial charge < -0.3 is 5.32 Å². The highest BCUT2D eigenvalue weighted by Gasteiger charge is 2.38. The molecule has 15 heavy (non-hydrogen) atoms. The van der Waals surface area contributed by atoms with Gasteiger partial charge in [0.15, 0.2) is 0 Å². The van der Waals surface area contributed by atoms with E-state index in [2.05, 4.69) is 49.5 Å². The summed E-state index contributed by atoms with van der Waals surface area (Å²) >= 11 is 0. The molecule has 1 N–H and O–H groups in total. The monoisotopic (exact) mass is 203 g/mol. The van der Waals surface area contributed by atoms with Gasteiger partial charge >= 0.3 is 0 Å². The van der Waals surface area contributed by atoms with Gasteiger partial charge in [0.05, 0.1) is 0 Å². The Morgan fingerprint density at radius 1 is 1.33 bits per heavy atom. The SMILES string of the molecule is CCC(NCc1ccccc1)C1CC1C. The average Bonchev–Trinajstić information content (AvgIpc) is 2.98. The van der Waals surface area contributed by atoms with E-state index in [0.29, 0.717) is 0 Å². The van der Waals surface area contributed by atoms with Gasteiger partial charge in [0.2, 0.25) is 0 Å². The highest BCUT2D eigenvalue weighted by molar-refractivity contribution is 5.14. The standard InChI is InChI=1S/C14H21N/c1-3-14(13-9-11(13)2)15-10-12-7-5-4-6-8-12/h4-8,11,13-15H,3,9-10H2,1-2H3. The summed E-state index contributed by atoms with van der Waals surface area (Å²) in [5, 5.41) is 3.68. The maximum Gasteiger partial charge on any atom is 0.0208 e. The zero-order chi connectivity index (χ0) is 10.7. The Labute approximate surface area is 92.9 Å². The molecule has 1 aromatic carbocycles. The van der Waals surface area contributed by atoms with Crippen molar-refractivity contribution in [3.05, 3.63) is 35.9 Å². The van der Waals surface area contributed by atoms with Crippen molar-refractivity contribution < 1.29 is 0 Å². The van der Waals surface area contributed by atoms with Gasteiger partial charge in [-0.1, -0.05) is 44.2 Å². The van der Waals surface area contributed by atoms with Gasteiger partial charge in [-0.15, -0.1) is 0 Å². The molecule has 1 saturated carbocycles. The van der Waals surface area contributed by atoms with E-state index in [0.717, 1.165) is 24.4 Å². The molecule has 0 saturated heterocycles. The van der Waals surface area contributed by atoms with Crippen LogP contribution in [0.1, 0.15) is 32.3 Å². The van der Waals surface area contributed by atoms with Crippen LogP contribution >= 0.6 is 0 Å². The number of hydrogen-bond donors (Lipinski definition) is 1. The van der Waals surface area contributed by atoms with Crippen molar-refractivity contribution in [2.24, 2.45) is 11.8 Å². The van der Waals surface area contributed by atoms with Gasteiger partial charge in [0.25, 0.3) is 0 Å². The maximum absolute atomic E-state index is 3.68. The van der Waals surface area contributed by atoms with Crippen LogP contribution in [-0.2, 0) is 6.54 Å². The molecule has 1 nitrogen and oxygen atoms in total. The van der Waals surface area contributed by atoms with Crippen LogP contribution in [-0.4, -0.2) is 6.04 Å². The van der Waals surface area contributed by atoms with Crippen LogP contribution in [0.4, 0.5) is 0 Å². The highest BCUT2D eigenvalue weighted by Crippen LogP contribution is 2.41. The second-order valence-corrected chi connectivity index (χ2v) is 4.76. The van der Waals surface area contributed by atoms with Crippen molar-refractivity contribution in [3.8, 4) is 0 Å². The fourth-order valence-corrected chi connectivity index (χ4v) is 2.35. The third-order valence-electron chi connectivity index (χ3n) is 3.54. The van der Waals surface area contributed by atoms with Crippen molar-refractivity contribution >= 4 is 0 Å². The summed E-state index contributed by atoms with van der Waals surface area (Å²) in [6, 6.07) is 11.4.